The molecule has 132 valence electrons. The largest absolute Gasteiger partial charge is 0.465 e. The van der Waals surface area contributed by atoms with E-state index in [0.29, 0.717) is 0 Å². The summed E-state index contributed by atoms with van der Waals surface area (Å²) < 4.78 is 4.93. The molecule has 1 aromatic rings. The van der Waals surface area contributed by atoms with E-state index in [1.54, 1.807) is 6.92 Å². The number of ketones is 1. The van der Waals surface area contributed by atoms with Gasteiger partial charge < -0.3 is 9.84 Å². The number of Topliss-reactive ketones (excluding diaryl/α,β-unsaturated/α-hetero) is 1. The Kier molecular flexibility index (Phi) is 8.31. The van der Waals surface area contributed by atoms with E-state index < -0.39 is 23.7 Å². The lowest BCUT2D eigenvalue weighted by molar-refractivity contribution is -0.143. The molecule has 0 saturated carbocycles. The van der Waals surface area contributed by atoms with E-state index in [0.717, 1.165) is 0 Å². The van der Waals surface area contributed by atoms with Gasteiger partial charge in [-0.2, -0.15) is 0 Å². The molecule has 6 nitrogen and oxygen atoms in total. The van der Waals surface area contributed by atoms with Crippen molar-refractivity contribution in [3.05, 3.63) is 28.0 Å². The monoisotopic (exact) mass is 374 g/mol. The molecular formula is C16H20Cl2N2O4. The number of aliphatic hydroxyl groups excluding tert-OH is 1. The predicted molar refractivity (Wildman–Crippen MR) is 92.9 cm³/mol. The first-order chi connectivity index (χ1) is 11.3. The normalized spacial score (nSPS) is 14.0. The lowest BCUT2D eigenvalue weighted by Gasteiger charge is -2.15. The van der Waals surface area contributed by atoms with Crippen LogP contribution in [0.2, 0.25) is 10.2 Å². The summed E-state index contributed by atoms with van der Waals surface area (Å²) in [6.45, 7) is 5.30. The van der Waals surface area contributed by atoms with Crippen molar-refractivity contribution in [1.29, 1.82) is 0 Å². The fourth-order valence-corrected chi connectivity index (χ4v) is 2.21. The molecule has 0 amide bonds. The summed E-state index contributed by atoms with van der Waals surface area (Å²) in [7, 11) is 0. The van der Waals surface area contributed by atoms with Crippen LogP contribution in [0.25, 0.3) is 0 Å². The van der Waals surface area contributed by atoms with Crippen LogP contribution < -0.4 is 0 Å². The van der Waals surface area contributed by atoms with Crippen LogP contribution in [0.4, 0.5) is 0 Å². The van der Waals surface area contributed by atoms with Crippen molar-refractivity contribution in [2.75, 3.05) is 13.2 Å². The van der Waals surface area contributed by atoms with Crippen LogP contribution in [0, 0.1) is 11.8 Å². The van der Waals surface area contributed by atoms with Gasteiger partial charge in [0.15, 0.2) is 11.7 Å². The number of hydrogen-bond donors (Lipinski definition) is 1. The zero-order chi connectivity index (χ0) is 18.3. The summed E-state index contributed by atoms with van der Waals surface area (Å²) in [5, 5.41) is 9.48. The van der Waals surface area contributed by atoms with Crippen LogP contribution in [0.3, 0.4) is 0 Å². The summed E-state index contributed by atoms with van der Waals surface area (Å²) >= 11 is 11.8. The standard InChI is InChI=1S/C16H20Cl2N2O4/c1-4-24-16(23)12(7-19-13(8-21)9(2)3)14(22)11-5-10(17)6-20-15(11)18/h5-7,9,12-13,21H,4,8H2,1-3H3/t12?,13-/m1/s1. The number of ether oxygens (including phenoxy) is 1. The fourth-order valence-electron chi connectivity index (χ4n) is 1.86. The number of nitrogens with zero attached hydrogens (tertiary/aromatic N) is 2. The molecule has 1 rings (SSSR count). The molecule has 0 spiro atoms. The maximum atomic E-state index is 12.7. The minimum absolute atomic E-state index is 0.0127. The van der Waals surface area contributed by atoms with Crippen LogP contribution >= 0.6 is 23.2 Å². The molecule has 0 radical (unpaired) electrons. The van der Waals surface area contributed by atoms with E-state index in [2.05, 4.69) is 9.98 Å². The van der Waals surface area contributed by atoms with E-state index in [1.807, 2.05) is 13.8 Å². The molecule has 0 fully saturated rings. The molecule has 1 heterocycles. The molecule has 0 aliphatic heterocycles. The number of esters is 1. The number of aromatic nitrogens is 1. The van der Waals surface area contributed by atoms with E-state index >= 15 is 0 Å². The van der Waals surface area contributed by atoms with Crippen molar-refractivity contribution < 1.29 is 19.4 Å². The van der Waals surface area contributed by atoms with Crippen molar-refractivity contribution in [3.63, 3.8) is 0 Å². The zero-order valence-electron chi connectivity index (χ0n) is 13.7. The maximum Gasteiger partial charge on any atom is 0.322 e. The summed E-state index contributed by atoms with van der Waals surface area (Å²) in [5.41, 5.74) is 0.0127. The highest BCUT2D eigenvalue weighted by Gasteiger charge is 2.30. The first kappa shape index (κ1) is 20.5. The second-order valence-electron chi connectivity index (χ2n) is 5.38. The first-order valence-electron chi connectivity index (χ1n) is 7.47. The lowest BCUT2D eigenvalue weighted by Crippen LogP contribution is -2.29. The number of hydrogen-bond acceptors (Lipinski definition) is 6. The third-order valence-corrected chi connectivity index (χ3v) is 3.79. The SMILES string of the molecule is CCOC(=O)C(C=N[C@H](CO)C(C)C)C(=O)c1cc(Cl)cnc1Cl. The average molecular weight is 375 g/mol. The molecule has 0 saturated heterocycles. The first-order valence-corrected chi connectivity index (χ1v) is 8.23. The Morgan fingerprint density at radius 2 is 2.08 bits per heavy atom. The van der Waals surface area contributed by atoms with Crippen LogP contribution in [-0.2, 0) is 9.53 Å². The smallest absolute Gasteiger partial charge is 0.322 e. The number of carbonyl (C=O) groups is 2. The van der Waals surface area contributed by atoms with Crippen LogP contribution in [0.1, 0.15) is 31.1 Å². The van der Waals surface area contributed by atoms with Gasteiger partial charge in [-0.05, 0) is 18.9 Å². The summed E-state index contributed by atoms with van der Waals surface area (Å²) in [5.74, 6) is -2.60. The van der Waals surface area contributed by atoms with E-state index in [4.69, 9.17) is 27.9 Å². The second-order valence-corrected chi connectivity index (χ2v) is 6.17. The van der Waals surface area contributed by atoms with Gasteiger partial charge in [-0.3, -0.25) is 14.6 Å². The molecule has 2 atom stereocenters. The highest BCUT2D eigenvalue weighted by atomic mass is 35.5. The zero-order valence-corrected chi connectivity index (χ0v) is 15.2. The summed E-state index contributed by atoms with van der Waals surface area (Å²) in [6.07, 6.45) is 2.49. The molecule has 1 aromatic heterocycles. The summed E-state index contributed by atoms with van der Waals surface area (Å²) in [6, 6.07) is 0.910. The highest BCUT2D eigenvalue weighted by molar-refractivity contribution is 6.36. The van der Waals surface area contributed by atoms with E-state index in [1.165, 1.54) is 18.5 Å². The molecule has 0 aromatic carbocycles. The Morgan fingerprint density at radius 3 is 2.62 bits per heavy atom. The van der Waals surface area contributed by atoms with Gasteiger partial charge in [0, 0.05) is 12.4 Å². The third kappa shape index (κ3) is 5.54. The van der Waals surface area contributed by atoms with Crippen molar-refractivity contribution in [3.8, 4) is 0 Å². The van der Waals surface area contributed by atoms with Gasteiger partial charge in [-0.25, -0.2) is 4.98 Å². The Bertz CT molecular complexity index is 620. The number of carbonyl (C=O) groups excluding carboxylic acids is 2. The fraction of sp³-hybridized carbons (Fsp3) is 0.500. The van der Waals surface area contributed by atoms with Gasteiger partial charge >= 0.3 is 5.97 Å². The van der Waals surface area contributed by atoms with Crippen molar-refractivity contribution in [2.45, 2.75) is 26.8 Å². The quantitative estimate of drug-likeness (QED) is 0.248. The molecule has 24 heavy (non-hydrogen) atoms. The van der Waals surface area contributed by atoms with Gasteiger partial charge in [0.05, 0.1) is 29.8 Å². The minimum atomic E-state index is -1.28. The van der Waals surface area contributed by atoms with Crippen molar-refractivity contribution >= 4 is 41.2 Å². The number of halogens is 2. The second kappa shape index (κ2) is 9.71. The third-order valence-electron chi connectivity index (χ3n) is 3.28. The van der Waals surface area contributed by atoms with E-state index in [9.17, 15) is 14.7 Å². The number of rotatable bonds is 8. The average Bonchev–Trinajstić information content (AvgIpc) is 2.53. The van der Waals surface area contributed by atoms with Crippen LogP contribution in [0.15, 0.2) is 17.3 Å². The van der Waals surface area contributed by atoms with Gasteiger partial charge in [0.25, 0.3) is 0 Å². The topological polar surface area (TPSA) is 88.9 Å². The highest BCUT2D eigenvalue weighted by Crippen LogP contribution is 2.21. The molecule has 1 unspecified atom stereocenters. The van der Waals surface area contributed by atoms with Gasteiger partial charge in [-0.15, -0.1) is 0 Å². The van der Waals surface area contributed by atoms with E-state index in [-0.39, 0.29) is 34.9 Å². The van der Waals surface area contributed by atoms with Gasteiger partial charge in [0.1, 0.15) is 5.15 Å². The Hall–Kier alpha value is -1.50. The van der Waals surface area contributed by atoms with Gasteiger partial charge in [-0.1, -0.05) is 37.0 Å². The van der Waals surface area contributed by atoms with Crippen LogP contribution in [0.5, 0.6) is 0 Å². The van der Waals surface area contributed by atoms with Crippen molar-refractivity contribution in [1.82, 2.24) is 4.98 Å². The Balaban J connectivity index is 3.18. The number of aliphatic imine (C=N–C) groups is 1. The Morgan fingerprint density at radius 1 is 1.42 bits per heavy atom. The molecule has 0 aliphatic rings. The molecule has 0 bridgehead atoms. The Labute approximate surface area is 150 Å². The summed E-state index contributed by atoms with van der Waals surface area (Å²) in [4.78, 5) is 32.8. The molecular weight excluding hydrogens is 355 g/mol. The predicted octanol–water partition coefficient (Wildman–Crippen LogP) is 2.84. The van der Waals surface area contributed by atoms with Crippen LogP contribution in [-0.4, -0.2) is 47.3 Å². The molecule has 1 N–H and O–H groups in total. The number of aliphatic hydroxyl groups is 1. The molecule has 0 aliphatic carbocycles. The number of pyridine rings is 1. The minimum Gasteiger partial charge on any atom is -0.465 e. The molecule has 8 heteroatoms. The van der Waals surface area contributed by atoms with Crippen molar-refractivity contribution in [2.24, 2.45) is 16.8 Å². The maximum absolute atomic E-state index is 12.7. The lowest BCUT2D eigenvalue weighted by atomic mass is 9.99. The van der Waals surface area contributed by atoms with Gasteiger partial charge in [0.2, 0.25) is 0 Å².